The van der Waals surface area contributed by atoms with Gasteiger partial charge in [0, 0.05) is 5.02 Å². The van der Waals surface area contributed by atoms with Crippen molar-refractivity contribution in [2.45, 2.75) is 38.8 Å². The van der Waals surface area contributed by atoms with E-state index in [-0.39, 0.29) is 12.5 Å². The van der Waals surface area contributed by atoms with Gasteiger partial charge in [0.05, 0.1) is 16.2 Å². The summed E-state index contributed by atoms with van der Waals surface area (Å²) in [6.07, 6.45) is 0. The van der Waals surface area contributed by atoms with Gasteiger partial charge in [-0.15, -0.1) is 0 Å². The zero-order valence-corrected chi connectivity index (χ0v) is 13.5. The van der Waals surface area contributed by atoms with Crippen molar-refractivity contribution in [1.82, 2.24) is 5.32 Å². The van der Waals surface area contributed by atoms with Crippen molar-refractivity contribution in [2.75, 3.05) is 6.61 Å². The molecule has 0 unspecified atom stereocenters. The molecule has 112 valence electrons. The van der Waals surface area contributed by atoms with Crippen LogP contribution in [0.3, 0.4) is 0 Å². The summed E-state index contributed by atoms with van der Waals surface area (Å²) in [7, 11) is 0. The van der Waals surface area contributed by atoms with Gasteiger partial charge in [0.1, 0.15) is 5.75 Å². The molecule has 2 N–H and O–H groups in total. The molecule has 0 radical (unpaired) electrons. The monoisotopic (exact) mass is 319 g/mol. The molecule has 1 aromatic rings. The predicted molar refractivity (Wildman–Crippen MR) is 80.5 cm³/mol. The van der Waals surface area contributed by atoms with Gasteiger partial charge in [-0.25, -0.2) is 0 Å². The maximum atomic E-state index is 11.8. The number of carbonyl (C=O) groups excluding carboxylic acids is 1. The molecule has 0 fully saturated rings. The number of hydrogen-bond acceptors (Lipinski definition) is 3. The van der Waals surface area contributed by atoms with Crippen molar-refractivity contribution >= 4 is 29.1 Å². The molecular weight excluding hydrogens is 301 g/mol. The van der Waals surface area contributed by atoms with Crippen molar-refractivity contribution < 1.29 is 14.6 Å². The minimum Gasteiger partial charge on any atom is -0.482 e. The maximum absolute atomic E-state index is 11.8. The maximum Gasteiger partial charge on any atom is 0.258 e. The van der Waals surface area contributed by atoms with Crippen molar-refractivity contribution in [3.63, 3.8) is 0 Å². The van der Waals surface area contributed by atoms with Crippen LogP contribution in [-0.4, -0.2) is 28.8 Å². The minimum atomic E-state index is -1.05. The fourth-order valence-corrected chi connectivity index (χ4v) is 1.74. The summed E-state index contributed by atoms with van der Waals surface area (Å²) in [5.74, 6) is 0.0374. The van der Waals surface area contributed by atoms with Gasteiger partial charge in [-0.3, -0.25) is 4.79 Å². The van der Waals surface area contributed by atoms with Crippen LogP contribution in [0.25, 0.3) is 0 Å². The lowest BCUT2D eigenvalue weighted by atomic mass is 9.86. The number of benzene rings is 1. The van der Waals surface area contributed by atoms with Crippen molar-refractivity contribution in [3.05, 3.63) is 28.2 Å². The second kappa shape index (κ2) is 6.20. The number of rotatable bonds is 5. The van der Waals surface area contributed by atoms with Gasteiger partial charge < -0.3 is 15.2 Å². The van der Waals surface area contributed by atoms with Gasteiger partial charge >= 0.3 is 0 Å². The molecule has 0 aliphatic carbocycles. The molecule has 0 aromatic heterocycles. The molecule has 20 heavy (non-hydrogen) atoms. The average Bonchev–Trinajstić information content (AvgIpc) is 2.25. The Balaban J connectivity index is 2.60. The van der Waals surface area contributed by atoms with Gasteiger partial charge in [-0.1, -0.05) is 23.2 Å². The number of halogens is 2. The van der Waals surface area contributed by atoms with Crippen LogP contribution in [0.15, 0.2) is 18.2 Å². The van der Waals surface area contributed by atoms with Crippen molar-refractivity contribution in [3.8, 4) is 5.75 Å². The van der Waals surface area contributed by atoms with Crippen LogP contribution < -0.4 is 10.1 Å². The van der Waals surface area contributed by atoms with Crippen LogP contribution >= 0.6 is 23.2 Å². The van der Waals surface area contributed by atoms with E-state index in [1.165, 1.54) is 6.07 Å². The van der Waals surface area contributed by atoms with Crippen molar-refractivity contribution in [1.29, 1.82) is 0 Å². The van der Waals surface area contributed by atoms with E-state index in [0.717, 1.165) is 0 Å². The van der Waals surface area contributed by atoms with E-state index in [0.29, 0.717) is 15.8 Å². The first kappa shape index (κ1) is 17.1. The second-order valence-corrected chi connectivity index (χ2v) is 6.44. The van der Waals surface area contributed by atoms with E-state index >= 15 is 0 Å². The second-order valence-electron chi connectivity index (χ2n) is 5.60. The summed E-state index contributed by atoms with van der Waals surface area (Å²) in [6, 6.07) is 4.76. The van der Waals surface area contributed by atoms with E-state index in [1.807, 2.05) is 0 Å². The summed E-state index contributed by atoms with van der Waals surface area (Å²) in [4.78, 5) is 11.8. The molecule has 6 heteroatoms. The smallest absolute Gasteiger partial charge is 0.258 e. The Morgan fingerprint density at radius 2 is 1.90 bits per heavy atom. The number of carbonyl (C=O) groups is 1. The van der Waals surface area contributed by atoms with Crippen LogP contribution in [0.4, 0.5) is 0 Å². The molecule has 0 aliphatic rings. The Kier molecular flexibility index (Phi) is 5.30. The van der Waals surface area contributed by atoms with Crippen molar-refractivity contribution in [2.24, 2.45) is 0 Å². The molecule has 0 spiro atoms. The molecule has 0 saturated carbocycles. The Labute approximate surface area is 129 Å². The minimum absolute atomic E-state index is 0.194. The van der Waals surface area contributed by atoms with Gasteiger partial charge in [-0.2, -0.15) is 0 Å². The highest BCUT2D eigenvalue weighted by Crippen LogP contribution is 2.27. The summed E-state index contributed by atoms with van der Waals surface area (Å²) in [6.45, 7) is 6.54. The molecule has 1 rings (SSSR count). The molecule has 0 bridgehead atoms. The lowest BCUT2D eigenvalue weighted by Gasteiger charge is -2.37. The molecule has 0 atom stereocenters. The van der Waals surface area contributed by atoms with E-state index in [1.54, 1.807) is 39.8 Å². The Bertz CT molecular complexity index is 496. The third-order valence-electron chi connectivity index (χ3n) is 3.23. The zero-order valence-electron chi connectivity index (χ0n) is 12.0. The molecule has 4 nitrogen and oxygen atoms in total. The summed E-state index contributed by atoms with van der Waals surface area (Å²) in [5.41, 5.74) is -1.84. The summed E-state index contributed by atoms with van der Waals surface area (Å²) >= 11 is 11.7. The van der Waals surface area contributed by atoms with E-state index in [9.17, 15) is 9.90 Å². The largest absolute Gasteiger partial charge is 0.482 e. The number of amides is 1. The number of ether oxygens (including phenoxy) is 1. The fraction of sp³-hybridized carbons (Fsp3) is 0.500. The standard InChI is InChI=1S/C14H19Cl2NO3/c1-13(2,14(3,4)19)17-12(18)8-20-11-6-5-9(15)7-10(11)16/h5-7,19H,8H2,1-4H3,(H,17,18). The Morgan fingerprint density at radius 3 is 2.40 bits per heavy atom. The molecule has 0 saturated heterocycles. The topological polar surface area (TPSA) is 58.6 Å². The van der Waals surface area contributed by atoms with Crippen LogP contribution in [0.1, 0.15) is 27.7 Å². The third kappa shape index (κ3) is 4.54. The summed E-state index contributed by atoms with van der Waals surface area (Å²) in [5, 5.41) is 13.5. The first-order valence-corrected chi connectivity index (χ1v) is 6.90. The highest BCUT2D eigenvalue weighted by atomic mass is 35.5. The molecule has 1 aromatic carbocycles. The number of nitrogens with one attached hydrogen (secondary N) is 1. The van der Waals surface area contributed by atoms with Crippen LogP contribution in [0.5, 0.6) is 5.75 Å². The van der Waals surface area contributed by atoms with Gasteiger partial charge in [-0.05, 0) is 45.9 Å². The lowest BCUT2D eigenvalue weighted by Crippen LogP contribution is -2.58. The quantitative estimate of drug-likeness (QED) is 0.877. The van der Waals surface area contributed by atoms with E-state index in [4.69, 9.17) is 27.9 Å². The van der Waals surface area contributed by atoms with Gasteiger partial charge in [0.2, 0.25) is 0 Å². The summed E-state index contributed by atoms with van der Waals surface area (Å²) < 4.78 is 5.33. The fourth-order valence-electron chi connectivity index (χ4n) is 1.27. The van der Waals surface area contributed by atoms with Crippen LogP contribution in [-0.2, 0) is 4.79 Å². The SMILES string of the molecule is CC(C)(O)C(C)(C)NC(=O)COc1ccc(Cl)cc1Cl. The number of aliphatic hydroxyl groups is 1. The van der Waals surface area contributed by atoms with Gasteiger partial charge in [0.15, 0.2) is 6.61 Å². The molecule has 0 aliphatic heterocycles. The van der Waals surface area contributed by atoms with Gasteiger partial charge in [0.25, 0.3) is 5.91 Å². The van der Waals surface area contributed by atoms with Crippen LogP contribution in [0, 0.1) is 0 Å². The predicted octanol–water partition coefficient (Wildman–Crippen LogP) is 3.04. The number of hydrogen-bond donors (Lipinski definition) is 2. The zero-order chi connectivity index (χ0) is 15.6. The first-order chi connectivity index (χ1) is 9.03. The molecular formula is C14H19Cl2NO3. The Morgan fingerprint density at radius 1 is 1.30 bits per heavy atom. The third-order valence-corrected chi connectivity index (χ3v) is 3.76. The Hall–Kier alpha value is -0.970. The first-order valence-electron chi connectivity index (χ1n) is 6.14. The molecule has 1 amide bonds. The van der Waals surface area contributed by atoms with Crippen LogP contribution in [0.2, 0.25) is 10.0 Å². The van der Waals surface area contributed by atoms with E-state index < -0.39 is 11.1 Å². The highest BCUT2D eigenvalue weighted by Gasteiger charge is 2.36. The molecule has 0 heterocycles. The average molecular weight is 320 g/mol. The normalized spacial score (nSPS) is 12.2. The lowest BCUT2D eigenvalue weighted by molar-refractivity contribution is -0.128. The van der Waals surface area contributed by atoms with E-state index in [2.05, 4.69) is 5.32 Å². The highest BCUT2D eigenvalue weighted by molar-refractivity contribution is 6.35.